The van der Waals surface area contributed by atoms with Gasteiger partial charge in [0, 0.05) is 13.0 Å². The minimum absolute atomic E-state index is 0.141. The van der Waals surface area contributed by atoms with Crippen molar-refractivity contribution < 1.29 is 22.0 Å². The summed E-state index contributed by atoms with van der Waals surface area (Å²) in [7, 11) is -4.04. The average molecular weight is 411 g/mol. The number of halogens is 2. The van der Waals surface area contributed by atoms with E-state index in [1.54, 1.807) is 0 Å². The van der Waals surface area contributed by atoms with E-state index in [1.807, 2.05) is 25.1 Å². The lowest BCUT2D eigenvalue weighted by molar-refractivity contribution is -0.116. The maximum Gasteiger partial charge on any atom is 0.240 e. The smallest absolute Gasteiger partial charge is 0.240 e. The maximum absolute atomic E-state index is 13.2. The summed E-state index contributed by atoms with van der Waals surface area (Å²) in [5, 5.41) is 3.04. The van der Waals surface area contributed by atoms with Crippen LogP contribution in [-0.2, 0) is 14.8 Å². The Morgan fingerprint density at radius 3 is 2.67 bits per heavy atom. The van der Waals surface area contributed by atoms with Crippen LogP contribution in [0.15, 0.2) is 41.3 Å². The van der Waals surface area contributed by atoms with E-state index in [4.69, 9.17) is 0 Å². The SMILES string of the molecule is Cc1ccc2nc(NC(=O)CCNS(=O)(=O)c3ccc(F)c(F)c3)sc2c1. The summed E-state index contributed by atoms with van der Waals surface area (Å²) in [4.78, 5) is 15.9. The first-order valence-corrected chi connectivity index (χ1v) is 10.2. The van der Waals surface area contributed by atoms with Crippen LogP contribution < -0.4 is 10.0 Å². The fraction of sp³-hybridized carbons (Fsp3) is 0.176. The molecule has 27 heavy (non-hydrogen) atoms. The zero-order valence-corrected chi connectivity index (χ0v) is 15.8. The van der Waals surface area contributed by atoms with Crippen LogP contribution >= 0.6 is 11.3 Å². The lowest BCUT2D eigenvalue weighted by Gasteiger charge is -2.07. The zero-order valence-electron chi connectivity index (χ0n) is 14.1. The zero-order chi connectivity index (χ0) is 19.6. The first-order valence-electron chi connectivity index (χ1n) is 7.86. The van der Waals surface area contributed by atoms with Gasteiger partial charge in [-0.05, 0) is 42.8 Å². The second kappa shape index (κ2) is 7.67. The van der Waals surface area contributed by atoms with Crippen molar-refractivity contribution in [2.24, 2.45) is 0 Å². The number of rotatable bonds is 6. The molecule has 0 fully saturated rings. The van der Waals surface area contributed by atoms with Gasteiger partial charge in [-0.3, -0.25) is 4.79 Å². The number of hydrogen-bond acceptors (Lipinski definition) is 5. The lowest BCUT2D eigenvalue weighted by Crippen LogP contribution is -2.28. The first kappa shape index (κ1) is 19.3. The number of aryl methyl sites for hydroxylation is 1. The van der Waals surface area contributed by atoms with Gasteiger partial charge in [-0.25, -0.2) is 26.9 Å². The number of nitrogens with one attached hydrogen (secondary N) is 2. The molecule has 3 aromatic rings. The largest absolute Gasteiger partial charge is 0.302 e. The Morgan fingerprint density at radius 1 is 1.15 bits per heavy atom. The average Bonchev–Trinajstić information content (AvgIpc) is 2.98. The molecule has 142 valence electrons. The number of nitrogens with zero attached hydrogens (tertiary/aromatic N) is 1. The highest BCUT2D eigenvalue weighted by molar-refractivity contribution is 7.89. The van der Waals surface area contributed by atoms with Gasteiger partial charge in [0.15, 0.2) is 16.8 Å². The molecule has 10 heteroatoms. The molecule has 0 aliphatic carbocycles. The fourth-order valence-electron chi connectivity index (χ4n) is 2.29. The Balaban J connectivity index is 1.57. The molecule has 3 rings (SSSR count). The molecule has 0 bridgehead atoms. The predicted molar refractivity (Wildman–Crippen MR) is 99.2 cm³/mol. The summed E-state index contributed by atoms with van der Waals surface area (Å²) in [5.41, 5.74) is 1.84. The molecule has 0 saturated carbocycles. The molecule has 0 aliphatic rings. The van der Waals surface area contributed by atoms with Crippen LogP contribution in [0.2, 0.25) is 0 Å². The van der Waals surface area contributed by atoms with Gasteiger partial charge in [0.1, 0.15) is 0 Å². The number of anilines is 1. The van der Waals surface area contributed by atoms with E-state index >= 15 is 0 Å². The number of benzene rings is 2. The number of carbonyl (C=O) groups excluding carboxylic acids is 1. The quantitative estimate of drug-likeness (QED) is 0.652. The topological polar surface area (TPSA) is 88.2 Å². The van der Waals surface area contributed by atoms with Crippen LogP contribution in [0.3, 0.4) is 0 Å². The Morgan fingerprint density at radius 2 is 1.93 bits per heavy atom. The second-order valence-corrected chi connectivity index (χ2v) is 8.56. The van der Waals surface area contributed by atoms with E-state index in [1.165, 1.54) is 11.3 Å². The van der Waals surface area contributed by atoms with Crippen molar-refractivity contribution in [2.75, 3.05) is 11.9 Å². The number of hydrogen-bond donors (Lipinski definition) is 2. The number of aromatic nitrogens is 1. The van der Waals surface area contributed by atoms with Crippen molar-refractivity contribution in [1.29, 1.82) is 0 Å². The standard InChI is InChI=1S/C17H15F2N3O3S2/c1-10-2-5-14-15(8-10)26-17(21-14)22-16(23)6-7-20-27(24,25)11-3-4-12(18)13(19)9-11/h2-5,8-9,20H,6-7H2,1H3,(H,21,22,23). The fourth-order valence-corrected chi connectivity index (χ4v) is 4.32. The molecule has 1 aromatic heterocycles. The third kappa shape index (κ3) is 4.65. The monoisotopic (exact) mass is 411 g/mol. The molecule has 6 nitrogen and oxygen atoms in total. The molecule has 0 atom stereocenters. The van der Waals surface area contributed by atoms with E-state index in [2.05, 4.69) is 15.0 Å². The first-order chi connectivity index (χ1) is 12.7. The van der Waals surface area contributed by atoms with Crippen LogP contribution in [0.5, 0.6) is 0 Å². The summed E-state index contributed by atoms with van der Waals surface area (Å²) in [6, 6.07) is 7.99. The van der Waals surface area contributed by atoms with Gasteiger partial charge in [-0.2, -0.15) is 0 Å². The van der Waals surface area contributed by atoms with Crippen LogP contribution in [0.4, 0.5) is 13.9 Å². The van der Waals surface area contributed by atoms with E-state index in [9.17, 15) is 22.0 Å². The van der Waals surface area contributed by atoms with Gasteiger partial charge in [-0.15, -0.1) is 0 Å². The maximum atomic E-state index is 13.2. The molecule has 0 saturated heterocycles. The van der Waals surface area contributed by atoms with Crippen molar-refractivity contribution in [3.8, 4) is 0 Å². The number of fused-ring (bicyclic) bond motifs is 1. The van der Waals surface area contributed by atoms with Gasteiger partial charge in [0.25, 0.3) is 0 Å². The number of thiazole rings is 1. The number of sulfonamides is 1. The molecule has 1 heterocycles. The van der Waals surface area contributed by atoms with E-state index < -0.39 is 32.5 Å². The van der Waals surface area contributed by atoms with Crippen LogP contribution in [0.1, 0.15) is 12.0 Å². The Labute approximate surface area is 158 Å². The molecule has 0 radical (unpaired) electrons. The summed E-state index contributed by atoms with van der Waals surface area (Å²) < 4.78 is 53.3. The molecule has 0 spiro atoms. The number of carbonyl (C=O) groups is 1. The van der Waals surface area contributed by atoms with Gasteiger partial charge >= 0.3 is 0 Å². The summed E-state index contributed by atoms with van der Waals surface area (Å²) in [6.07, 6.45) is -0.141. The van der Waals surface area contributed by atoms with Crippen molar-refractivity contribution in [3.05, 3.63) is 53.6 Å². The summed E-state index contributed by atoms with van der Waals surface area (Å²) >= 11 is 1.32. The third-order valence-electron chi connectivity index (χ3n) is 3.64. The Hall–Kier alpha value is -2.43. The van der Waals surface area contributed by atoms with Crippen molar-refractivity contribution in [3.63, 3.8) is 0 Å². The molecular weight excluding hydrogens is 396 g/mol. The van der Waals surface area contributed by atoms with E-state index in [0.717, 1.165) is 27.9 Å². The van der Waals surface area contributed by atoms with Gasteiger partial charge in [0.05, 0.1) is 15.1 Å². The summed E-state index contributed by atoms with van der Waals surface area (Å²) in [6.45, 7) is 1.76. The highest BCUT2D eigenvalue weighted by Crippen LogP contribution is 2.26. The molecular formula is C17H15F2N3O3S2. The van der Waals surface area contributed by atoms with Crippen molar-refractivity contribution in [2.45, 2.75) is 18.2 Å². The number of amides is 1. The normalized spacial score (nSPS) is 11.7. The lowest BCUT2D eigenvalue weighted by atomic mass is 10.2. The van der Waals surface area contributed by atoms with E-state index in [0.29, 0.717) is 11.2 Å². The van der Waals surface area contributed by atoms with Crippen molar-refractivity contribution in [1.82, 2.24) is 9.71 Å². The molecule has 2 N–H and O–H groups in total. The van der Waals surface area contributed by atoms with Gasteiger partial charge in [-0.1, -0.05) is 17.4 Å². The molecule has 0 unspecified atom stereocenters. The van der Waals surface area contributed by atoms with Crippen LogP contribution in [0, 0.1) is 18.6 Å². The van der Waals surface area contributed by atoms with Crippen LogP contribution in [0.25, 0.3) is 10.2 Å². The molecule has 0 aliphatic heterocycles. The second-order valence-electron chi connectivity index (χ2n) is 5.76. The highest BCUT2D eigenvalue weighted by atomic mass is 32.2. The van der Waals surface area contributed by atoms with Crippen LogP contribution in [-0.4, -0.2) is 25.9 Å². The minimum Gasteiger partial charge on any atom is -0.302 e. The van der Waals surface area contributed by atoms with E-state index in [-0.39, 0.29) is 13.0 Å². The third-order valence-corrected chi connectivity index (χ3v) is 6.03. The highest BCUT2D eigenvalue weighted by Gasteiger charge is 2.17. The van der Waals surface area contributed by atoms with Gasteiger partial charge < -0.3 is 5.32 Å². The van der Waals surface area contributed by atoms with Crippen molar-refractivity contribution >= 4 is 42.6 Å². The summed E-state index contributed by atoms with van der Waals surface area (Å²) in [5.74, 6) is -2.82. The molecule has 2 aromatic carbocycles. The predicted octanol–water partition coefficient (Wildman–Crippen LogP) is 3.19. The molecule has 1 amide bonds. The Kier molecular flexibility index (Phi) is 5.49. The Bertz CT molecular complexity index is 1110. The van der Waals surface area contributed by atoms with Gasteiger partial charge in [0.2, 0.25) is 15.9 Å². The minimum atomic E-state index is -4.04.